The second kappa shape index (κ2) is 6.30. The largest absolute Gasteiger partial charge is 0.339 e. The zero-order chi connectivity index (χ0) is 14.8. The smallest absolute Gasteiger partial charge is 0.227 e. The summed E-state index contributed by atoms with van der Waals surface area (Å²) in [6.45, 7) is 0.809. The predicted octanol–water partition coefficient (Wildman–Crippen LogP) is 3.35. The number of likely N-dealkylation sites (tertiary alicyclic amines) is 1. The van der Waals surface area contributed by atoms with Gasteiger partial charge in [-0.15, -0.1) is 0 Å². The molecule has 0 bridgehead atoms. The number of carbonyl (C=O) groups excluding carboxylic acids is 2. The van der Waals surface area contributed by atoms with E-state index in [1.807, 2.05) is 29.2 Å². The number of amides is 1. The molecule has 2 aliphatic rings. The zero-order valence-electron chi connectivity index (χ0n) is 12.1. The molecule has 2 atom stereocenters. The van der Waals surface area contributed by atoms with Crippen LogP contribution in [-0.4, -0.2) is 29.2 Å². The lowest BCUT2D eigenvalue weighted by Gasteiger charge is -2.28. The van der Waals surface area contributed by atoms with Gasteiger partial charge in [0.15, 0.2) is 0 Å². The van der Waals surface area contributed by atoms with E-state index in [2.05, 4.69) is 15.9 Å². The van der Waals surface area contributed by atoms with Gasteiger partial charge in [-0.1, -0.05) is 28.1 Å². The SMILES string of the molecule is O=C1CCCC1C1CCCN1C(=O)Cc1ccc(Br)cc1. The molecule has 0 radical (unpaired) electrons. The van der Waals surface area contributed by atoms with Gasteiger partial charge in [-0.3, -0.25) is 9.59 Å². The Labute approximate surface area is 133 Å². The van der Waals surface area contributed by atoms with Crippen LogP contribution < -0.4 is 0 Å². The van der Waals surface area contributed by atoms with E-state index in [4.69, 9.17) is 0 Å². The van der Waals surface area contributed by atoms with Crippen molar-refractivity contribution in [2.45, 2.75) is 44.6 Å². The normalized spacial score (nSPS) is 25.6. The Morgan fingerprint density at radius 2 is 1.95 bits per heavy atom. The fourth-order valence-corrected chi connectivity index (χ4v) is 3.91. The summed E-state index contributed by atoms with van der Waals surface area (Å²) in [6, 6.07) is 8.04. The molecular weight excluding hydrogens is 330 g/mol. The highest BCUT2D eigenvalue weighted by Gasteiger charge is 2.39. The second-order valence-corrected chi connectivity index (χ2v) is 6.98. The Kier molecular flexibility index (Phi) is 4.43. The van der Waals surface area contributed by atoms with Gasteiger partial charge in [-0.25, -0.2) is 0 Å². The average molecular weight is 350 g/mol. The lowest BCUT2D eigenvalue weighted by atomic mass is 9.95. The highest BCUT2D eigenvalue weighted by atomic mass is 79.9. The van der Waals surface area contributed by atoms with Gasteiger partial charge in [-0.2, -0.15) is 0 Å². The van der Waals surface area contributed by atoms with Crippen LogP contribution in [0.1, 0.15) is 37.7 Å². The van der Waals surface area contributed by atoms with Crippen molar-refractivity contribution in [3.8, 4) is 0 Å². The van der Waals surface area contributed by atoms with Gasteiger partial charge in [0.2, 0.25) is 5.91 Å². The number of hydrogen-bond acceptors (Lipinski definition) is 2. The Morgan fingerprint density at radius 1 is 1.19 bits per heavy atom. The number of Topliss-reactive ketones (excluding diaryl/α,β-unsaturated/α-hetero) is 1. The van der Waals surface area contributed by atoms with Crippen LogP contribution in [0.15, 0.2) is 28.7 Å². The van der Waals surface area contributed by atoms with Gasteiger partial charge in [0.1, 0.15) is 5.78 Å². The molecule has 112 valence electrons. The molecule has 2 fully saturated rings. The number of hydrogen-bond donors (Lipinski definition) is 0. The maximum Gasteiger partial charge on any atom is 0.227 e. The molecule has 1 aromatic carbocycles. The Hall–Kier alpha value is -1.16. The molecule has 1 heterocycles. The molecule has 1 amide bonds. The van der Waals surface area contributed by atoms with Crippen LogP contribution in [0, 0.1) is 5.92 Å². The molecule has 4 heteroatoms. The standard InChI is InChI=1S/C17H20BrNO2/c18-13-8-6-12(7-9-13)11-17(21)19-10-2-4-15(19)14-3-1-5-16(14)20/h6-9,14-15H,1-5,10-11H2. The molecule has 3 rings (SSSR count). The van der Waals surface area contributed by atoms with Crippen molar-refractivity contribution >= 4 is 27.6 Å². The van der Waals surface area contributed by atoms with Crippen molar-refractivity contribution in [3.05, 3.63) is 34.3 Å². The third kappa shape index (κ3) is 3.20. The van der Waals surface area contributed by atoms with Gasteiger partial charge < -0.3 is 4.90 Å². The van der Waals surface area contributed by atoms with Crippen LogP contribution in [0.5, 0.6) is 0 Å². The van der Waals surface area contributed by atoms with E-state index in [1.54, 1.807) is 0 Å². The molecule has 21 heavy (non-hydrogen) atoms. The van der Waals surface area contributed by atoms with Crippen molar-refractivity contribution in [3.63, 3.8) is 0 Å². The lowest BCUT2D eigenvalue weighted by Crippen LogP contribution is -2.42. The number of benzene rings is 1. The Morgan fingerprint density at radius 3 is 2.62 bits per heavy atom. The molecule has 1 aromatic rings. The minimum atomic E-state index is 0.0985. The molecule has 2 unspecified atom stereocenters. The van der Waals surface area contributed by atoms with Crippen LogP contribution in [-0.2, 0) is 16.0 Å². The minimum Gasteiger partial charge on any atom is -0.339 e. The number of nitrogens with zero attached hydrogens (tertiary/aromatic N) is 1. The first-order valence-electron chi connectivity index (χ1n) is 7.72. The quantitative estimate of drug-likeness (QED) is 0.838. The molecule has 0 spiro atoms. The summed E-state index contributed by atoms with van der Waals surface area (Å²) in [4.78, 5) is 26.5. The summed E-state index contributed by atoms with van der Waals surface area (Å²) in [6.07, 6.45) is 5.11. The number of carbonyl (C=O) groups is 2. The van der Waals surface area contributed by atoms with Gasteiger partial charge in [0.25, 0.3) is 0 Å². The van der Waals surface area contributed by atoms with E-state index in [-0.39, 0.29) is 17.9 Å². The summed E-state index contributed by atoms with van der Waals surface area (Å²) >= 11 is 3.41. The first-order chi connectivity index (χ1) is 10.1. The van der Waals surface area contributed by atoms with E-state index < -0.39 is 0 Å². The molecule has 1 saturated carbocycles. The van der Waals surface area contributed by atoms with Crippen LogP contribution >= 0.6 is 15.9 Å². The molecule has 3 nitrogen and oxygen atoms in total. The minimum absolute atomic E-state index is 0.0985. The second-order valence-electron chi connectivity index (χ2n) is 6.06. The number of rotatable bonds is 3. The third-order valence-corrected chi connectivity index (χ3v) is 5.23. The van der Waals surface area contributed by atoms with Gasteiger partial charge in [0.05, 0.1) is 6.42 Å². The van der Waals surface area contributed by atoms with Crippen molar-refractivity contribution in [2.75, 3.05) is 6.54 Å². The lowest BCUT2D eigenvalue weighted by molar-refractivity contribution is -0.133. The first kappa shape index (κ1) is 14.8. The van der Waals surface area contributed by atoms with Gasteiger partial charge >= 0.3 is 0 Å². The highest BCUT2D eigenvalue weighted by Crippen LogP contribution is 2.33. The van der Waals surface area contributed by atoms with Crippen LogP contribution in [0.2, 0.25) is 0 Å². The molecule has 0 aromatic heterocycles. The van der Waals surface area contributed by atoms with E-state index in [0.29, 0.717) is 18.6 Å². The van der Waals surface area contributed by atoms with Crippen LogP contribution in [0.25, 0.3) is 0 Å². The summed E-state index contributed by atoms with van der Waals surface area (Å²) in [5, 5.41) is 0. The summed E-state index contributed by atoms with van der Waals surface area (Å²) in [5.74, 6) is 0.629. The monoisotopic (exact) mass is 349 g/mol. The molecule has 1 saturated heterocycles. The van der Waals surface area contributed by atoms with E-state index in [1.165, 1.54) is 0 Å². The average Bonchev–Trinajstić information content (AvgIpc) is 3.09. The van der Waals surface area contributed by atoms with Crippen molar-refractivity contribution < 1.29 is 9.59 Å². The molecule has 1 aliphatic carbocycles. The molecule has 0 N–H and O–H groups in total. The first-order valence-corrected chi connectivity index (χ1v) is 8.51. The maximum atomic E-state index is 12.6. The maximum absolute atomic E-state index is 12.6. The van der Waals surface area contributed by atoms with Crippen molar-refractivity contribution in [1.29, 1.82) is 0 Å². The Balaban J connectivity index is 1.68. The molecule has 1 aliphatic heterocycles. The highest BCUT2D eigenvalue weighted by molar-refractivity contribution is 9.10. The van der Waals surface area contributed by atoms with E-state index >= 15 is 0 Å². The van der Waals surface area contributed by atoms with Crippen LogP contribution in [0.3, 0.4) is 0 Å². The third-order valence-electron chi connectivity index (χ3n) is 4.70. The zero-order valence-corrected chi connectivity index (χ0v) is 13.6. The van der Waals surface area contributed by atoms with Crippen molar-refractivity contribution in [1.82, 2.24) is 4.90 Å². The van der Waals surface area contributed by atoms with Crippen molar-refractivity contribution in [2.24, 2.45) is 5.92 Å². The number of halogens is 1. The summed E-state index contributed by atoms with van der Waals surface area (Å²) in [5.41, 5.74) is 1.03. The Bertz CT molecular complexity index is 540. The van der Waals surface area contributed by atoms with Crippen LogP contribution in [0.4, 0.5) is 0 Å². The summed E-state index contributed by atoms with van der Waals surface area (Å²) < 4.78 is 1.02. The van der Waals surface area contributed by atoms with E-state index in [0.717, 1.165) is 42.3 Å². The van der Waals surface area contributed by atoms with Gasteiger partial charge in [-0.05, 0) is 43.4 Å². The van der Waals surface area contributed by atoms with E-state index in [9.17, 15) is 9.59 Å². The number of ketones is 1. The summed E-state index contributed by atoms with van der Waals surface area (Å²) in [7, 11) is 0. The molecular formula is C17H20BrNO2. The topological polar surface area (TPSA) is 37.4 Å². The fraction of sp³-hybridized carbons (Fsp3) is 0.529. The predicted molar refractivity (Wildman–Crippen MR) is 84.9 cm³/mol. The fourth-order valence-electron chi connectivity index (χ4n) is 3.65. The van der Waals surface area contributed by atoms with Gasteiger partial charge in [0, 0.05) is 29.4 Å².